The van der Waals surface area contributed by atoms with Gasteiger partial charge in [-0.05, 0) is 40.7 Å². The summed E-state index contributed by atoms with van der Waals surface area (Å²) in [4.78, 5) is 6.77. The van der Waals surface area contributed by atoms with Gasteiger partial charge < -0.3 is 15.7 Å². The van der Waals surface area contributed by atoms with Crippen LogP contribution in [-0.2, 0) is 0 Å². The predicted octanol–water partition coefficient (Wildman–Crippen LogP) is 3.15. The van der Waals surface area contributed by atoms with Crippen molar-refractivity contribution in [1.82, 2.24) is 15.5 Å². The van der Waals surface area contributed by atoms with E-state index in [1.807, 2.05) is 6.92 Å². The van der Waals surface area contributed by atoms with Crippen LogP contribution in [0.1, 0.15) is 46.3 Å². The molecule has 150 valence electrons. The molecule has 0 bridgehead atoms. The van der Waals surface area contributed by atoms with Crippen molar-refractivity contribution >= 4 is 29.9 Å². The van der Waals surface area contributed by atoms with E-state index in [2.05, 4.69) is 48.2 Å². The fourth-order valence-corrected chi connectivity index (χ4v) is 2.78. The van der Waals surface area contributed by atoms with Gasteiger partial charge in [-0.1, -0.05) is 18.2 Å². The van der Waals surface area contributed by atoms with Gasteiger partial charge in [-0.15, -0.1) is 24.0 Å². The summed E-state index contributed by atoms with van der Waals surface area (Å²) in [6.45, 7) is 13.2. The third-order valence-corrected chi connectivity index (χ3v) is 4.02. The highest BCUT2D eigenvalue weighted by Crippen LogP contribution is 2.16. The number of nitrogens with one attached hydrogen (secondary N) is 2. The molecule has 0 heterocycles. The van der Waals surface area contributed by atoms with E-state index in [4.69, 9.17) is 0 Å². The molecule has 0 aliphatic heterocycles. The van der Waals surface area contributed by atoms with Crippen LogP contribution in [0.3, 0.4) is 0 Å². The first-order valence-electron chi connectivity index (χ1n) is 9.07. The molecule has 26 heavy (non-hydrogen) atoms. The van der Waals surface area contributed by atoms with E-state index in [1.165, 1.54) is 6.07 Å². The van der Waals surface area contributed by atoms with Gasteiger partial charge in [0.2, 0.25) is 0 Å². The Morgan fingerprint density at radius 1 is 1.15 bits per heavy atom. The topological polar surface area (TPSA) is 59.9 Å². The predicted molar refractivity (Wildman–Crippen MR) is 118 cm³/mol. The van der Waals surface area contributed by atoms with Crippen LogP contribution in [0.25, 0.3) is 0 Å². The van der Waals surface area contributed by atoms with Crippen molar-refractivity contribution in [2.75, 3.05) is 26.2 Å². The van der Waals surface area contributed by atoms with Crippen LogP contribution in [0.2, 0.25) is 0 Å². The highest BCUT2D eigenvalue weighted by atomic mass is 127. The molecule has 1 atom stereocenters. The second-order valence-electron chi connectivity index (χ2n) is 6.61. The quantitative estimate of drug-likeness (QED) is 0.289. The fourth-order valence-electron chi connectivity index (χ4n) is 2.78. The third kappa shape index (κ3) is 8.64. The molecule has 3 N–H and O–H groups in total. The van der Waals surface area contributed by atoms with Gasteiger partial charge in [-0.25, -0.2) is 4.39 Å². The molecule has 0 aliphatic carbocycles. The van der Waals surface area contributed by atoms with Gasteiger partial charge in [0, 0.05) is 37.3 Å². The Morgan fingerprint density at radius 3 is 2.31 bits per heavy atom. The lowest BCUT2D eigenvalue weighted by Crippen LogP contribution is -2.45. The van der Waals surface area contributed by atoms with E-state index in [0.29, 0.717) is 18.0 Å². The largest absolute Gasteiger partial charge is 0.386 e. The van der Waals surface area contributed by atoms with E-state index in [0.717, 1.165) is 19.6 Å². The van der Waals surface area contributed by atoms with Crippen LogP contribution in [0.15, 0.2) is 29.3 Å². The number of benzene rings is 1. The van der Waals surface area contributed by atoms with Gasteiger partial charge in [-0.2, -0.15) is 0 Å². The van der Waals surface area contributed by atoms with Crippen LogP contribution in [0.4, 0.5) is 4.39 Å². The Labute approximate surface area is 174 Å². The summed E-state index contributed by atoms with van der Waals surface area (Å²) in [5.41, 5.74) is 0.271. The Bertz CT molecular complexity index is 532. The second-order valence-corrected chi connectivity index (χ2v) is 6.61. The van der Waals surface area contributed by atoms with E-state index < -0.39 is 11.9 Å². The lowest BCUT2D eigenvalue weighted by Gasteiger charge is -2.30. The SMILES string of the molecule is CCNC(=NCC(O)c1ccccc1F)NCCN(C(C)C)C(C)C.I. The van der Waals surface area contributed by atoms with Crippen molar-refractivity contribution in [3.63, 3.8) is 0 Å². The van der Waals surface area contributed by atoms with Gasteiger partial charge in [0.25, 0.3) is 0 Å². The van der Waals surface area contributed by atoms with E-state index in [-0.39, 0.29) is 36.1 Å². The molecular weight excluding hydrogens is 446 g/mol. The maximum Gasteiger partial charge on any atom is 0.191 e. The summed E-state index contributed by atoms with van der Waals surface area (Å²) < 4.78 is 13.7. The van der Waals surface area contributed by atoms with Crippen molar-refractivity contribution in [3.05, 3.63) is 35.6 Å². The molecule has 1 aromatic rings. The lowest BCUT2D eigenvalue weighted by molar-refractivity contribution is 0.178. The summed E-state index contributed by atoms with van der Waals surface area (Å²) >= 11 is 0. The fraction of sp³-hybridized carbons (Fsp3) is 0.632. The molecule has 0 aromatic heterocycles. The van der Waals surface area contributed by atoms with Crippen molar-refractivity contribution in [2.45, 2.75) is 52.8 Å². The van der Waals surface area contributed by atoms with Crippen molar-refractivity contribution in [2.24, 2.45) is 4.99 Å². The van der Waals surface area contributed by atoms with Crippen molar-refractivity contribution in [3.8, 4) is 0 Å². The number of halogens is 2. The van der Waals surface area contributed by atoms with E-state index >= 15 is 0 Å². The van der Waals surface area contributed by atoms with Gasteiger partial charge in [0.15, 0.2) is 5.96 Å². The van der Waals surface area contributed by atoms with Crippen LogP contribution >= 0.6 is 24.0 Å². The van der Waals surface area contributed by atoms with Crippen molar-refractivity contribution in [1.29, 1.82) is 0 Å². The smallest absolute Gasteiger partial charge is 0.191 e. The maximum atomic E-state index is 13.7. The van der Waals surface area contributed by atoms with E-state index in [1.54, 1.807) is 18.2 Å². The molecule has 0 saturated heterocycles. The first-order chi connectivity index (χ1) is 11.9. The molecule has 1 unspecified atom stereocenters. The van der Waals surface area contributed by atoms with Crippen LogP contribution in [0.5, 0.6) is 0 Å². The summed E-state index contributed by atoms with van der Waals surface area (Å²) in [5.74, 6) is 0.220. The highest BCUT2D eigenvalue weighted by molar-refractivity contribution is 14.0. The number of guanidine groups is 1. The average Bonchev–Trinajstić information content (AvgIpc) is 2.55. The Kier molecular flexibility index (Phi) is 12.8. The minimum atomic E-state index is -0.959. The Balaban J connectivity index is 0.00000625. The second kappa shape index (κ2) is 13.3. The number of hydrogen-bond donors (Lipinski definition) is 3. The molecule has 0 fully saturated rings. The lowest BCUT2D eigenvalue weighted by atomic mass is 10.1. The summed E-state index contributed by atoms with van der Waals surface area (Å²) in [6.07, 6.45) is -0.959. The molecule has 0 radical (unpaired) electrons. The van der Waals surface area contributed by atoms with Gasteiger partial charge in [0.05, 0.1) is 6.54 Å². The minimum Gasteiger partial charge on any atom is -0.386 e. The normalized spacial score (nSPS) is 13.1. The maximum absolute atomic E-state index is 13.7. The molecule has 0 amide bonds. The van der Waals surface area contributed by atoms with Crippen LogP contribution in [0, 0.1) is 5.82 Å². The van der Waals surface area contributed by atoms with Gasteiger partial charge in [0.1, 0.15) is 11.9 Å². The molecule has 5 nitrogen and oxygen atoms in total. The van der Waals surface area contributed by atoms with Gasteiger partial charge >= 0.3 is 0 Å². The standard InChI is InChI=1S/C19H33FN4O.HI/c1-6-21-19(22-11-12-24(14(2)3)15(4)5)23-13-18(25)16-9-7-8-10-17(16)20;/h7-10,14-15,18,25H,6,11-13H2,1-5H3,(H2,21,22,23);1H. The zero-order valence-electron chi connectivity index (χ0n) is 16.5. The number of rotatable bonds is 9. The summed E-state index contributed by atoms with van der Waals surface area (Å²) in [5, 5.41) is 16.6. The van der Waals surface area contributed by atoms with Crippen LogP contribution < -0.4 is 10.6 Å². The molecule has 1 aromatic carbocycles. The monoisotopic (exact) mass is 480 g/mol. The highest BCUT2D eigenvalue weighted by Gasteiger charge is 2.14. The Hall–Kier alpha value is -0.930. The zero-order valence-corrected chi connectivity index (χ0v) is 18.8. The minimum absolute atomic E-state index is 0. The molecule has 0 spiro atoms. The molecular formula is C19H34FIN4O. The first-order valence-corrected chi connectivity index (χ1v) is 9.07. The Morgan fingerprint density at radius 2 is 1.77 bits per heavy atom. The molecule has 1 rings (SSSR count). The molecule has 7 heteroatoms. The summed E-state index contributed by atoms with van der Waals surface area (Å²) in [7, 11) is 0. The average molecular weight is 480 g/mol. The third-order valence-electron chi connectivity index (χ3n) is 4.02. The molecule has 0 aliphatic rings. The van der Waals surface area contributed by atoms with E-state index in [9.17, 15) is 9.50 Å². The van der Waals surface area contributed by atoms with Crippen LogP contribution in [-0.4, -0.2) is 54.2 Å². The number of hydrogen-bond acceptors (Lipinski definition) is 3. The van der Waals surface area contributed by atoms with Crippen molar-refractivity contribution < 1.29 is 9.50 Å². The number of aliphatic hydroxyl groups excluding tert-OH is 1. The zero-order chi connectivity index (χ0) is 18.8. The molecule has 0 saturated carbocycles. The number of aliphatic imine (C=N–C) groups is 1. The number of nitrogens with zero attached hydrogens (tertiary/aromatic N) is 2. The first kappa shape index (κ1) is 25.1. The van der Waals surface area contributed by atoms with Gasteiger partial charge in [-0.3, -0.25) is 9.89 Å². The summed E-state index contributed by atoms with van der Waals surface area (Å²) in [6, 6.07) is 7.20. The number of aliphatic hydroxyl groups is 1.